The van der Waals surface area contributed by atoms with Crippen molar-refractivity contribution in [3.05, 3.63) is 90.7 Å². The van der Waals surface area contributed by atoms with Gasteiger partial charge in [0.2, 0.25) is 0 Å². The molecule has 4 rings (SSSR count). The number of aryl methyl sites for hydroxylation is 3. The molecule has 0 atom stereocenters. The van der Waals surface area contributed by atoms with Gasteiger partial charge in [-0.25, -0.2) is 4.99 Å². The molecule has 1 fully saturated rings. The van der Waals surface area contributed by atoms with Crippen molar-refractivity contribution in [2.24, 2.45) is 4.99 Å². The lowest BCUT2D eigenvalue weighted by Gasteiger charge is -2.14. The van der Waals surface area contributed by atoms with Crippen LogP contribution in [0.25, 0.3) is 6.08 Å². The lowest BCUT2D eigenvalue weighted by Crippen LogP contribution is -2.19. The van der Waals surface area contributed by atoms with Crippen molar-refractivity contribution in [2.75, 3.05) is 7.11 Å². The average molecular weight is 572 g/mol. The highest BCUT2D eigenvalue weighted by atomic mass is 79.9. The van der Waals surface area contributed by atoms with Crippen molar-refractivity contribution >= 4 is 62.1 Å². The number of rotatable bonds is 6. The van der Waals surface area contributed by atoms with Gasteiger partial charge in [-0.2, -0.15) is 0 Å². The van der Waals surface area contributed by atoms with Crippen LogP contribution in [-0.2, 0) is 11.4 Å². The zero-order chi connectivity index (χ0) is 25.1. The fourth-order valence-electron chi connectivity index (χ4n) is 3.66. The second-order valence-electron chi connectivity index (χ2n) is 8.19. The fourth-order valence-corrected chi connectivity index (χ4v) is 5.00. The summed E-state index contributed by atoms with van der Waals surface area (Å²) < 4.78 is 12.6. The number of amidine groups is 1. The smallest absolute Gasteiger partial charge is 0.264 e. The number of carbonyl (C=O) groups excluding carboxylic acids is 1. The van der Waals surface area contributed by atoms with Gasteiger partial charge in [0.05, 0.1) is 22.7 Å². The second kappa shape index (κ2) is 10.9. The van der Waals surface area contributed by atoms with Crippen LogP contribution in [0.1, 0.15) is 27.8 Å². The molecule has 3 aromatic carbocycles. The molecule has 3 aromatic rings. The lowest BCUT2D eigenvalue weighted by molar-refractivity contribution is -0.115. The van der Waals surface area contributed by atoms with Gasteiger partial charge in [-0.3, -0.25) is 4.79 Å². The number of nitrogens with one attached hydrogen (secondary N) is 1. The Morgan fingerprint density at radius 2 is 1.86 bits per heavy atom. The number of aliphatic imine (C=N–C) groups is 1. The molecule has 1 N–H and O–H groups in total. The van der Waals surface area contributed by atoms with Gasteiger partial charge >= 0.3 is 0 Å². The summed E-state index contributed by atoms with van der Waals surface area (Å²) >= 11 is 11.4. The van der Waals surface area contributed by atoms with Crippen LogP contribution in [0, 0.1) is 20.8 Å². The summed E-state index contributed by atoms with van der Waals surface area (Å²) in [6.45, 7) is 6.43. The first kappa shape index (κ1) is 25.4. The average Bonchev–Trinajstić information content (AvgIpc) is 3.14. The standard InChI is InChI=1S/C27H24BrClN2O3S/c1-15-6-5-7-18(8-15)14-34-25-21(29)11-19(12-22(25)33-4)13-23-26(32)31-27(35-23)30-20-9-16(2)24(28)17(3)10-20/h5-13H,14H2,1-4H3,(H,30,31,32)/b23-13-. The van der Waals surface area contributed by atoms with Gasteiger partial charge in [0, 0.05) is 4.47 Å². The van der Waals surface area contributed by atoms with E-state index in [-0.39, 0.29) is 5.91 Å². The number of thioether (sulfide) groups is 1. The molecule has 8 heteroatoms. The van der Waals surface area contributed by atoms with Crippen LogP contribution in [0.15, 0.2) is 62.9 Å². The van der Waals surface area contributed by atoms with E-state index in [1.807, 2.05) is 51.1 Å². The minimum atomic E-state index is -0.214. The SMILES string of the molecule is COc1cc(/C=C2\SC(=Nc3cc(C)c(Br)c(C)c3)NC2=O)cc(Cl)c1OCc1cccc(C)c1. The maximum absolute atomic E-state index is 12.6. The van der Waals surface area contributed by atoms with Crippen LogP contribution in [0.4, 0.5) is 5.69 Å². The summed E-state index contributed by atoms with van der Waals surface area (Å²) in [6, 6.07) is 15.6. The van der Waals surface area contributed by atoms with Gasteiger partial charge in [0.15, 0.2) is 16.7 Å². The van der Waals surface area contributed by atoms with E-state index >= 15 is 0 Å². The Balaban J connectivity index is 1.55. The molecule has 35 heavy (non-hydrogen) atoms. The Labute approximate surface area is 222 Å². The Bertz CT molecular complexity index is 1350. The second-order valence-corrected chi connectivity index (χ2v) is 10.4. The van der Waals surface area contributed by atoms with Crippen LogP contribution < -0.4 is 14.8 Å². The maximum atomic E-state index is 12.6. The molecule has 1 aliphatic rings. The normalized spacial score (nSPS) is 15.5. The molecule has 180 valence electrons. The maximum Gasteiger partial charge on any atom is 0.264 e. The highest BCUT2D eigenvalue weighted by Gasteiger charge is 2.24. The number of methoxy groups -OCH3 is 1. The summed E-state index contributed by atoms with van der Waals surface area (Å²) in [6.07, 6.45) is 1.76. The number of nitrogens with zero attached hydrogens (tertiary/aromatic N) is 1. The van der Waals surface area contributed by atoms with Gasteiger partial charge in [0.25, 0.3) is 5.91 Å². The minimum absolute atomic E-state index is 0.214. The van der Waals surface area contributed by atoms with Gasteiger partial charge < -0.3 is 14.8 Å². The molecule has 1 saturated heterocycles. The van der Waals surface area contributed by atoms with E-state index < -0.39 is 0 Å². The predicted octanol–water partition coefficient (Wildman–Crippen LogP) is 7.51. The predicted molar refractivity (Wildman–Crippen MR) is 148 cm³/mol. The molecule has 0 saturated carbocycles. The van der Waals surface area contributed by atoms with Gasteiger partial charge in [-0.1, -0.05) is 57.4 Å². The van der Waals surface area contributed by atoms with Gasteiger partial charge in [-0.15, -0.1) is 0 Å². The van der Waals surface area contributed by atoms with Crippen molar-refractivity contribution < 1.29 is 14.3 Å². The molecule has 0 aliphatic carbocycles. The third-order valence-electron chi connectivity index (χ3n) is 5.32. The first-order valence-corrected chi connectivity index (χ1v) is 12.8. The third kappa shape index (κ3) is 6.10. The van der Waals surface area contributed by atoms with E-state index in [1.54, 1.807) is 25.3 Å². The van der Waals surface area contributed by atoms with Crippen LogP contribution >= 0.6 is 39.3 Å². The minimum Gasteiger partial charge on any atom is -0.493 e. The molecule has 0 unspecified atom stereocenters. The summed E-state index contributed by atoms with van der Waals surface area (Å²) in [5, 5.41) is 3.76. The van der Waals surface area contributed by atoms with Crippen molar-refractivity contribution in [1.82, 2.24) is 5.32 Å². The first-order valence-electron chi connectivity index (χ1n) is 10.9. The highest BCUT2D eigenvalue weighted by molar-refractivity contribution is 9.10. The number of ether oxygens (including phenoxy) is 2. The van der Waals surface area contributed by atoms with E-state index in [2.05, 4.69) is 32.3 Å². The molecular formula is C27H24BrClN2O3S. The zero-order valence-corrected chi connectivity index (χ0v) is 22.9. The quantitative estimate of drug-likeness (QED) is 0.311. The van der Waals surface area contributed by atoms with Crippen LogP contribution in [-0.4, -0.2) is 18.2 Å². The Kier molecular flexibility index (Phi) is 7.89. The monoisotopic (exact) mass is 570 g/mol. The Morgan fingerprint density at radius 1 is 1.11 bits per heavy atom. The van der Waals surface area contributed by atoms with Crippen LogP contribution in [0.5, 0.6) is 11.5 Å². The number of hydrogen-bond acceptors (Lipinski definition) is 5. The number of carbonyl (C=O) groups is 1. The van der Waals surface area contributed by atoms with Crippen molar-refractivity contribution in [1.29, 1.82) is 0 Å². The summed E-state index contributed by atoms with van der Waals surface area (Å²) in [4.78, 5) is 17.7. The summed E-state index contributed by atoms with van der Waals surface area (Å²) in [5.41, 5.74) is 5.88. The van der Waals surface area contributed by atoms with Crippen LogP contribution in [0.3, 0.4) is 0 Å². The van der Waals surface area contributed by atoms with Crippen molar-refractivity contribution in [3.8, 4) is 11.5 Å². The summed E-state index contributed by atoms with van der Waals surface area (Å²) in [7, 11) is 1.56. The van der Waals surface area contributed by atoms with Crippen LogP contribution in [0.2, 0.25) is 5.02 Å². The number of benzene rings is 3. The lowest BCUT2D eigenvalue weighted by atomic mass is 10.1. The first-order chi connectivity index (χ1) is 16.7. The van der Waals surface area contributed by atoms with E-state index in [9.17, 15) is 4.79 Å². The molecule has 1 heterocycles. The molecule has 1 amide bonds. The van der Waals surface area contributed by atoms with Gasteiger partial charge in [-0.05, 0) is 85.1 Å². The van der Waals surface area contributed by atoms with Gasteiger partial charge in [0.1, 0.15) is 6.61 Å². The summed E-state index contributed by atoms with van der Waals surface area (Å²) in [5.74, 6) is 0.744. The zero-order valence-electron chi connectivity index (χ0n) is 19.7. The molecule has 1 aliphatic heterocycles. The fraction of sp³-hybridized carbons (Fsp3) is 0.185. The van der Waals surface area contributed by atoms with Crippen molar-refractivity contribution in [3.63, 3.8) is 0 Å². The Hall–Kier alpha value is -2.74. The molecule has 0 spiro atoms. The van der Waals surface area contributed by atoms with E-state index in [0.717, 1.165) is 38.0 Å². The number of amides is 1. The highest BCUT2D eigenvalue weighted by Crippen LogP contribution is 2.39. The number of halogens is 2. The van der Waals surface area contributed by atoms with E-state index in [1.165, 1.54) is 11.8 Å². The van der Waals surface area contributed by atoms with Crippen molar-refractivity contribution in [2.45, 2.75) is 27.4 Å². The number of hydrogen-bond donors (Lipinski definition) is 1. The molecule has 0 aromatic heterocycles. The molecule has 0 radical (unpaired) electrons. The molecular weight excluding hydrogens is 548 g/mol. The topological polar surface area (TPSA) is 59.9 Å². The largest absolute Gasteiger partial charge is 0.493 e. The van der Waals surface area contributed by atoms with E-state index in [0.29, 0.717) is 33.2 Å². The Morgan fingerprint density at radius 3 is 2.54 bits per heavy atom. The molecule has 0 bridgehead atoms. The van der Waals surface area contributed by atoms with E-state index in [4.69, 9.17) is 21.1 Å². The third-order valence-corrected chi connectivity index (χ3v) is 7.76. The molecule has 5 nitrogen and oxygen atoms in total.